The monoisotopic (exact) mass is 245 g/mol. The Kier molecular flexibility index (Phi) is 3.87. The van der Waals surface area contributed by atoms with Gasteiger partial charge in [0.1, 0.15) is 0 Å². The van der Waals surface area contributed by atoms with Crippen molar-refractivity contribution in [1.29, 1.82) is 0 Å². The van der Waals surface area contributed by atoms with E-state index in [2.05, 4.69) is 20.4 Å². The molecular weight excluding hydrogens is 230 g/mol. The number of aromatic nitrogens is 1. The Morgan fingerprint density at radius 3 is 2.78 bits per heavy atom. The molecule has 94 valence electrons. The van der Waals surface area contributed by atoms with E-state index in [0.29, 0.717) is 5.69 Å². The molecule has 1 aliphatic rings. The van der Waals surface area contributed by atoms with Crippen LogP contribution in [0.2, 0.25) is 0 Å². The minimum atomic E-state index is 0.0835. The van der Waals surface area contributed by atoms with Gasteiger partial charge in [0.2, 0.25) is 11.9 Å². The molecule has 0 aliphatic carbocycles. The average molecular weight is 245 g/mol. The molecule has 0 saturated carbocycles. The van der Waals surface area contributed by atoms with Gasteiger partial charge in [-0.25, -0.2) is 10.0 Å². The van der Waals surface area contributed by atoms with Gasteiger partial charge in [0.15, 0.2) is 0 Å². The van der Waals surface area contributed by atoms with E-state index in [1.807, 2.05) is 17.2 Å². The van der Waals surface area contributed by atoms with E-state index in [1.165, 1.54) is 0 Å². The maximum absolute atomic E-state index is 5.70. The van der Waals surface area contributed by atoms with Crippen LogP contribution in [-0.2, 0) is 0 Å². The molecule has 0 spiro atoms. The summed E-state index contributed by atoms with van der Waals surface area (Å²) in [6.45, 7) is 1.58. The number of hydrogen-bond donors (Lipinski definition) is 3. The summed E-state index contributed by atoms with van der Waals surface area (Å²) in [5, 5.41) is 1.90. The summed E-state index contributed by atoms with van der Waals surface area (Å²) >= 11 is 0. The van der Waals surface area contributed by atoms with Gasteiger partial charge in [-0.15, -0.1) is 0 Å². The van der Waals surface area contributed by atoms with Crippen LogP contribution in [0, 0.1) is 0 Å². The van der Waals surface area contributed by atoms with Crippen LogP contribution in [0.15, 0.2) is 46.7 Å². The van der Waals surface area contributed by atoms with Crippen molar-refractivity contribution in [3.63, 3.8) is 0 Å². The number of hydrazine groups is 1. The quantitative estimate of drug-likeness (QED) is 0.377. The Balaban J connectivity index is 1.96. The smallest absolute Gasteiger partial charge is 0.223 e. The van der Waals surface area contributed by atoms with Gasteiger partial charge >= 0.3 is 0 Å². The predicted octanol–water partition coefficient (Wildman–Crippen LogP) is -0.281. The molecule has 1 aromatic heterocycles. The maximum atomic E-state index is 5.70. The lowest BCUT2D eigenvalue weighted by atomic mass is 10.4. The number of nitrogens with one attached hydrogen (secondary N) is 1. The van der Waals surface area contributed by atoms with E-state index in [-0.39, 0.29) is 11.9 Å². The van der Waals surface area contributed by atoms with Crippen LogP contribution in [0.1, 0.15) is 0 Å². The summed E-state index contributed by atoms with van der Waals surface area (Å²) in [7, 11) is 0. The van der Waals surface area contributed by atoms with Crippen molar-refractivity contribution < 1.29 is 0 Å². The Bertz CT molecular complexity index is 469. The van der Waals surface area contributed by atoms with Gasteiger partial charge in [0, 0.05) is 19.3 Å². The highest BCUT2D eigenvalue weighted by molar-refractivity contribution is 5.94. The Hall–Kier alpha value is -2.41. The van der Waals surface area contributed by atoms with Gasteiger partial charge in [0.05, 0.1) is 11.9 Å². The van der Waals surface area contributed by atoms with Crippen molar-refractivity contribution in [1.82, 2.24) is 15.4 Å². The van der Waals surface area contributed by atoms with E-state index in [0.717, 1.165) is 13.1 Å². The van der Waals surface area contributed by atoms with Gasteiger partial charge in [-0.3, -0.25) is 10.4 Å². The fourth-order valence-corrected chi connectivity index (χ4v) is 1.46. The Morgan fingerprint density at radius 1 is 1.33 bits per heavy atom. The van der Waals surface area contributed by atoms with Crippen molar-refractivity contribution in [2.24, 2.45) is 21.5 Å². The highest BCUT2D eigenvalue weighted by atomic mass is 15.5. The van der Waals surface area contributed by atoms with Crippen molar-refractivity contribution in [2.45, 2.75) is 0 Å². The van der Waals surface area contributed by atoms with Gasteiger partial charge in [0.25, 0.3) is 0 Å². The van der Waals surface area contributed by atoms with Crippen LogP contribution >= 0.6 is 0 Å². The van der Waals surface area contributed by atoms with Gasteiger partial charge in [-0.05, 0) is 12.1 Å². The molecule has 0 saturated heterocycles. The van der Waals surface area contributed by atoms with Crippen molar-refractivity contribution in [3.8, 4) is 0 Å². The van der Waals surface area contributed by atoms with Crippen LogP contribution in [0.4, 0.5) is 5.69 Å². The standard InChI is InChI=1S/C11H15N7/c12-10(15-9-4-3-5-14-8-9)16-11(13)17-18-6-1-2-7-18/h1-5,8H,6-7H2,(H5,12,13,15,16,17). The molecule has 18 heavy (non-hydrogen) atoms. The lowest BCUT2D eigenvalue weighted by molar-refractivity contribution is 0.307. The number of guanidine groups is 2. The van der Waals surface area contributed by atoms with Crippen LogP contribution < -0.4 is 16.9 Å². The second-order valence-electron chi connectivity index (χ2n) is 3.67. The third-order valence-electron chi connectivity index (χ3n) is 2.22. The first kappa shape index (κ1) is 12.1. The van der Waals surface area contributed by atoms with Gasteiger partial charge in [-0.1, -0.05) is 12.2 Å². The lowest BCUT2D eigenvalue weighted by Crippen LogP contribution is -2.45. The van der Waals surface area contributed by atoms with Gasteiger partial charge < -0.3 is 11.5 Å². The van der Waals surface area contributed by atoms with Crippen LogP contribution in [0.3, 0.4) is 0 Å². The molecule has 0 aromatic carbocycles. The van der Waals surface area contributed by atoms with Crippen molar-refractivity contribution in [2.75, 3.05) is 13.1 Å². The minimum absolute atomic E-state index is 0.0835. The summed E-state index contributed by atoms with van der Waals surface area (Å²) < 4.78 is 0. The first-order valence-electron chi connectivity index (χ1n) is 5.49. The average Bonchev–Trinajstić information content (AvgIpc) is 2.82. The van der Waals surface area contributed by atoms with Crippen LogP contribution in [0.25, 0.3) is 0 Å². The minimum Gasteiger partial charge on any atom is -0.368 e. The van der Waals surface area contributed by atoms with E-state index >= 15 is 0 Å². The van der Waals surface area contributed by atoms with Crippen LogP contribution in [0.5, 0.6) is 0 Å². The first-order chi connectivity index (χ1) is 8.74. The predicted molar refractivity (Wildman–Crippen MR) is 71.0 cm³/mol. The number of pyridine rings is 1. The molecule has 0 amide bonds. The fourth-order valence-electron chi connectivity index (χ4n) is 1.46. The molecule has 0 bridgehead atoms. The largest absolute Gasteiger partial charge is 0.368 e. The molecule has 0 atom stereocenters. The molecule has 0 unspecified atom stereocenters. The molecule has 2 rings (SSSR count). The Labute approximate surface area is 105 Å². The molecule has 5 N–H and O–H groups in total. The highest BCUT2D eigenvalue weighted by Gasteiger charge is 2.06. The number of rotatable bonds is 2. The zero-order valence-electron chi connectivity index (χ0n) is 9.82. The number of aliphatic imine (C=N–C) groups is 2. The van der Waals surface area contributed by atoms with Crippen LogP contribution in [-0.4, -0.2) is 35.0 Å². The summed E-state index contributed by atoms with van der Waals surface area (Å²) in [6.07, 6.45) is 7.33. The van der Waals surface area contributed by atoms with Crippen molar-refractivity contribution in [3.05, 3.63) is 36.7 Å². The first-order valence-corrected chi connectivity index (χ1v) is 5.49. The topological polar surface area (TPSA) is 105 Å². The SMILES string of the molecule is NC(=Nc1cccnc1)N=C(N)NN1CC=CC1. The summed E-state index contributed by atoms with van der Waals surface area (Å²) in [4.78, 5) is 11.9. The summed E-state index contributed by atoms with van der Waals surface area (Å²) in [5.74, 6) is 0.295. The second-order valence-corrected chi connectivity index (χ2v) is 3.67. The van der Waals surface area contributed by atoms with E-state index < -0.39 is 0 Å². The normalized spacial score (nSPS) is 17.1. The second kappa shape index (κ2) is 5.78. The number of hydrogen-bond acceptors (Lipinski definition) is 3. The number of nitrogens with two attached hydrogens (primary N) is 2. The molecule has 7 heteroatoms. The van der Waals surface area contributed by atoms with Gasteiger partial charge in [-0.2, -0.15) is 4.99 Å². The lowest BCUT2D eigenvalue weighted by Gasteiger charge is -2.16. The number of nitrogens with zero attached hydrogens (tertiary/aromatic N) is 4. The maximum Gasteiger partial charge on any atom is 0.223 e. The van der Waals surface area contributed by atoms with E-state index in [4.69, 9.17) is 11.5 Å². The Morgan fingerprint density at radius 2 is 2.11 bits per heavy atom. The summed E-state index contributed by atoms with van der Waals surface area (Å²) in [5.41, 5.74) is 14.9. The van der Waals surface area contributed by atoms with Crippen molar-refractivity contribution >= 4 is 17.6 Å². The molecular formula is C11H15N7. The highest BCUT2D eigenvalue weighted by Crippen LogP contribution is 2.07. The molecule has 0 fully saturated rings. The third kappa shape index (κ3) is 3.56. The molecule has 1 aromatic rings. The van der Waals surface area contributed by atoms with E-state index in [1.54, 1.807) is 24.5 Å². The third-order valence-corrected chi connectivity index (χ3v) is 2.22. The fraction of sp³-hybridized carbons (Fsp3) is 0.182. The summed E-state index contributed by atoms with van der Waals surface area (Å²) in [6, 6.07) is 3.55. The molecule has 1 aliphatic heterocycles. The zero-order chi connectivity index (χ0) is 12.8. The zero-order valence-corrected chi connectivity index (χ0v) is 9.82. The molecule has 0 radical (unpaired) electrons. The molecule has 2 heterocycles. The molecule has 7 nitrogen and oxygen atoms in total. The van der Waals surface area contributed by atoms with E-state index in [9.17, 15) is 0 Å².